The molecule has 0 unspecified atom stereocenters. The van der Waals surface area contributed by atoms with Gasteiger partial charge in [-0.3, -0.25) is 0 Å². The molecule has 0 fully saturated rings. The van der Waals surface area contributed by atoms with Gasteiger partial charge in [0.2, 0.25) is 0 Å². The summed E-state index contributed by atoms with van der Waals surface area (Å²) in [6.45, 7) is 4.36. The van der Waals surface area contributed by atoms with Crippen LogP contribution in [0.4, 0.5) is 0 Å². The van der Waals surface area contributed by atoms with Gasteiger partial charge in [-0.2, -0.15) is 0 Å². The third kappa shape index (κ3) is 29.9. The first-order valence-corrected chi connectivity index (χ1v) is 5.86. The highest BCUT2D eigenvalue weighted by atomic mass is 33.1. The summed E-state index contributed by atoms with van der Waals surface area (Å²) >= 11 is 0. The van der Waals surface area contributed by atoms with E-state index in [2.05, 4.69) is 26.4 Å². The molecule has 0 saturated heterocycles. The molecular formula is C6H16S2. The van der Waals surface area contributed by atoms with Crippen molar-refractivity contribution >= 4 is 21.6 Å². The summed E-state index contributed by atoms with van der Waals surface area (Å²) in [5.74, 6) is 0. The average molecular weight is 152 g/mol. The lowest BCUT2D eigenvalue weighted by atomic mass is 10.4. The molecule has 0 radical (unpaired) electrons. The van der Waals surface area contributed by atoms with Crippen LogP contribution in [0.5, 0.6) is 0 Å². The van der Waals surface area contributed by atoms with Crippen molar-refractivity contribution in [2.24, 2.45) is 0 Å². The highest BCUT2D eigenvalue weighted by molar-refractivity contribution is 8.76. The van der Waals surface area contributed by atoms with E-state index in [1.54, 1.807) is 21.6 Å². The lowest BCUT2D eigenvalue weighted by Crippen LogP contribution is -1.47. The standard InChI is InChI=1S/C4H10.C2H6S2/c2*1-3-4-2/h3-4H2,1-2H3;1-2H3. The summed E-state index contributed by atoms with van der Waals surface area (Å²) in [6, 6.07) is 0. The first-order chi connectivity index (χ1) is 3.83. The fourth-order valence-corrected chi connectivity index (χ4v) is 0. The molecule has 0 saturated carbocycles. The van der Waals surface area contributed by atoms with Crippen LogP contribution in [0.3, 0.4) is 0 Å². The molecule has 0 aromatic carbocycles. The topological polar surface area (TPSA) is 0 Å². The van der Waals surface area contributed by atoms with Gasteiger partial charge in [-0.25, -0.2) is 0 Å². The highest BCUT2D eigenvalue weighted by Gasteiger charge is 1.56. The zero-order valence-corrected chi connectivity index (χ0v) is 7.86. The molecule has 0 atom stereocenters. The normalized spacial score (nSPS) is 7.50. The molecule has 0 aromatic heterocycles. The van der Waals surface area contributed by atoms with E-state index < -0.39 is 0 Å². The molecule has 2 heteroatoms. The molecule has 0 aliphatic rings. The molecule has 0 heterocycles. The quantitative estimate of drug-likeness (QED) is 0.556. The third-order valence-electron chi connectivity index (χ3n) is 0.667. The van der Waals surface area contributed by atoms with Gasteiger partial charge in [-0.15, -0.1) is 0 Å². The molecule has 0 aliphatic carbocycles. The Kier molecular flexibility index (Phi) is 22.5. The minimum absolute atomic E-state index is 1.32. The van der Waals surface area contributed by atoms with Crippen LogP contribution in [0, 0.1) is 0 Å². The largest absolute Gasteiger partial charge is 0.0979 e. The number of hydrogen-bond acceptors (Lipinski definition) is 2. The van der Waals surface area contributed by atoms with Crippen molar-refractivity contribution in [1.29, 1.82) is 0 Å². The van der Waals surface area contributed by atoms with Gasteiger partial charge >= 0.3 is 0 Å². The second-order valence-electron chi connectivity index (χ2n) is 1.33. The molecule has 0 amide bonds. The van der Waals surface area contributed by atoms with Crippen LogP contribution in [-0.4, -0.2) is 12.5 Å². The Morgan fingerprint density at radius 2 is 1.12 bits per heavy atom. The predicted molar refractivity (Wildman–Crippen MR) is 47.6 cm³/mol. The minimum Gasteiger partial charge on any atom is -0.0979 e. The lowest BCUT2D eigenvalue weighted by Gasteiger charge is -1.69. The molecule has 0 aromatic rings. The second kappa shape index (κ2) is 15.6. The molecule has 0 spiro atoms. The lowest BCUT2D eigenvalue weighted by molar-refractivity contribution is 0.886. The van der Waals surface area contributed by atoms with Crippen molar-refractivity contribution in [2.75, 3.05) is 12.5 Å². The van der Waals surface area contributed by atoms with Crippen LogP contribution < -0.4 is 0 Å². The molecule has 52 valence electrons. The number of rotatable bonds is 2. The van der Waals surface area contributed by atoms with Gasteiger partial charge in [0.1, 0.15) is 0 Å². The van der Waals surface area contributed by atoms with E-state index in [-0.39, 0.29) is 0 Å². The SMILES string of the molecule is CCCC.CSSC. The third-order valence-corrected chi connectivity index (χ3v) is 2.00. The van der Waals surface area contributed by atoms with E-state index in [4.69, 9.17) is 0 Å². The Bertz CT molecular complexity index is 14.5. The van der Waals surface area contributed by atoms with Crippen molar-refractivity contribution in [1.82, 2.24) is 0 Å². The Morgan fingerprint density at radius 3 is 1.12 bits per heavy atom. The van der Waals surface area contributed by atoms with Gasteiger partial charge in [-0.1, -0.05) is 48.3 Å². The monoisotopic (exact) mass is 152 g/mol. The van der Waals surface area contributed by atoms with Gasteiger partial charge in [0.25, 0.3) is 0 Å². The number of hydrogen-bond donors (Lipinski definition) is 0. The van der Waals surface area contributed by atoms with E-state index in [9.17, 15) is 0 Å². The van der Waals surface area contributed by atoms with Crippen molar-refractivity contribution in [3.05, 3.63) is 0 Å². The maximum Gasteiger partial charge on any atom is -0.00793 e. The van der Waals surface area contributed by atoms with Crippen molar-refractivity contribution in [3.8, 4) is 0 Å². The Hall–Kier alpha value is 0.700. The molecule has 0 aliphatic heterocycles. The van der Waals surface area contributed by atoms with Crippen LogP contribution in [0.25, 0.3) is 0 Å². The van der Waals surface area contributed by atoms with Crippen LogP contribution >= 0.6 is 21.6 Å². The van der Waals surface area contributed by atoms with E-state index in [1.165, 1.54) is 12.8 Å². The summed E-state index contributed by atoms with van der Waals surface area (Å²) in [5.41, 5.74) is 0. The van der Waals surface area contributed by atoms with Gasteiger partial charge in [0, 0.05) is 0 Å². The van der Waals surface area contributed by atoms with E-state index in [0.29, 0.717) is 0 Å². The van der Waals surface area contributed by atoms with Crippen LogP contribution in [0.2, 0.25) is 0 Å². The van der Waals surface area contributed by atoms with Crippen molar-refractivity contribution < 1.29 is 0 Å². The Labute approximate surface area is 61.2 Å². The maximum absolute atomic E-state index is 2.18. The van der Waals surface area contributed by atoms with Crippen molar-refractivity contribution in [2.45, 2.75) is 26.7 Å². The van der Waals surface area contributed by atoms with Gasteiger partial charge < -0.3 is 0 Å². The molecule has 0 nitrogen and oxygen atoms in total. The van der Waals surface area contributed by atoms with E-state index in [1.807, 2.05) is 0 Å². The highest BCUT2D eigenvalue weighted by Crippen LogP contribution is 2.09. The van der Waals surface area contributed by atoms with Gasteiger partial charge in [-0.05, 0) is 12.5 Å². The van der Waals surface area contributed by atoms with E-state index in [0.717, 1.165) is 0 Å². The summed E-state index contributed by atoms with van der Waals surface area (Å²) in [6.07, 6.45) is 6.76. The number of unbranched alkanes of at least 4 members (excludes halogenated alkanes) is 1. The molecule has 0 rings (SSSR count). The summed E-state index contributed by atoms with van der Waals surface area (Å²) in [5, 5.41) is 0. The minimum atomic E-state index is 1.32. The van der Waals surface area contributed by atoms with Gasteiger partial charge in [0.15, 0.2) is 0 Å². The first-order valence-electron chi connectivity index (χ1n) is 2.90. The summed E-state index contributed by atoms with van der Waals surface area (Å²) < 4.78 is 0. The van der Waals surface area contributed by atoms with Crippen molar-refractivity contribution in [3.63, 3.8) is 0 Å². The zero-order valence-electron chi connectivity index (χ0n) is 6.23. The van der Waals surface area contributed by atoms with E-state index >= 15 is 0 Å². The Balaban J connectivity index is 0. The van der Waals surface area contributed by atoms with Crippen LogP contribution in [-0.2, 0) is 0 Å². The maximum atomic E-state index is 2.18. The molecular weight excluding hydrogens is 136 g/mol. The molecule has 0 bridgehead atoms. The smallest absolute Gasteiger partial charge is 0.00793 e. The van der Waals surface area contributed by atoms with Crippen LogP contribution in [0.15, 0.2) is 0 Å². The first kappa shape index (κ1) is 11.5. The second-order valence-corrected chi connectivity index (χ2v) is 4.00. The zero-order chi connectivity index (χ0) is 6.83. The Morgan fingerprint density at radius 1 is 0.875 bits per heavy atom. The van der Waals surface area contributed by atoms with Gasteiger partial charge in [0.05, 0.1) is 0 Å². The predicted octanol–water partition coefficient (Wildman–Crippen LogP) is 3.43. The fourth-order valence-electron chi connectivity index (χ4n) is 0. The molecule has 0 N–H and O–H groups in total. The summed E-state index contributed by atoms with van der Waals surface area (Å²) in [4.78, 5) is 0. The average Bonchev–Trinajstić information content (AvgIpc) is 1.88. The summed E-state index contributed by atoms with van der Waals surface area (Å²) in [7, 11) is 3.55. The fraction of sp³-hybridized carbons (Fsp3) is 1.00. The van der Waals surface area contributed by atoms with Crippen LogP contribution in [0.1, 0.15) is 26.7 Å². The molecule has 8 heavy (non-hydrogen) atoms.